The fraction of sp³-hybridized carbons (Fsp3) is 0.231. The Morgan fingerprint density at radius 3 is 2.44 bits per heavy atom. The number of carbonyl (C=O) groups excluding carboxylic acids is 2. The van der Waals surface area contributed by atoms with Gasteiger partial charge >= 0.3 is 0 Å². The maximum Gasteiger partial charge on any atom is 0.260 e. The van der Waals surface area contributed by atoms with Crippen LogP contribution in [0, 0.1) is 11.6 Å². The number of hydrogen-bond acceptors (Lipinski definition) is 4. The lowest BCUT2D eigenvalue weighted by molar-refractivity contribution is -0.132. The van der Waals surface area contributed by atoms with Crippen molar-refractivity contribution >= 4 is 17.5 Å². The molecule has 2 amide bonds. The highest BCUT2D eigenvalue weighted by Gasteiger charge is 2.19. The summed E-state index contributed by atoms with van der Waals surface area (Å²) in [7, 11) is 1.43. The maximum absolute atomic E-state index is 14.7. The largest absolute Gasteiger partial charge is 0.497 e. The number of ether oxygens (including phenoxy) is 2. The summed E-state index contributed by atoms with van der Waals surface area (Å²) in [5.41, 5.74) is 0.696. The second kappa shape index (κ2) is 10.3. The average Bonchev–Trinajstić information content (AvgIpc) is 3.38. The first-order chi connectivity index (χ1) is 16.4. The van der Waals surface area contributed by atoms with Gasteiger partial charge in [-0.05, 0) is 54.8 Å². The minimum absolute atomic E-state index is 0.0811. The first-order valence-corrected chi connectivity index (χ1v) is 10.9. The lowest BCUT2D eigenvalue weighted by Crippen LogP contribution is -2.32. The molecule has 1 fully saturated rings. The smallest absolute Gasteiger partial charge is 0.260 e. The standard InChI is InChI=1S/C26H24F2N2O4/c1-33-19-8-10-21(24(28)15-19)17-7-9-22(23(27)13-17)26(32)29-18-5-4-6-20(14-18)34-16-25(31)30-11-2-3-12-30/h4-10,13-15H,2-3,11-12,16H2,1H3,(H,29,32). The van der Waals surface area contributed by atoms with E-state index in [1.165, 1.54) is 31.4 Å². The van der Waals surface area contributed by atoms with Gasteiger partial charge in [-0.25, -0.2) is 8.78 Å². The number of nitrogens with zero attached hydrogens (tertiary/aromatic N) is 1. The molecule has 0 radical (unpaired) electrons. The first-order valence-electron chi connectivity index (χ1n) is 10.9. The SMILES string of the molecule is COc1ccc(-c2ccc(C(=O)Nc3cccc(OCC(=O)N4CCCC4)c3)c(F)c2)c(F)c1. The van der Waals surface area contributed by atoms with Crippen LogP contribution in [0.5, 0.6) is 11.5 Å². The predicted molar refractivity (Wildman–Crippen MR) is 124 cm³/mol. The van der Waals surface area contributed by atoms with E-state index in [2.05, 4.69) is 5.32 Å². The van der Waals surface area contributed by atoms with Crippen molar-refractivity contribution < 1.29 is 27.8 Å². The van der Waals surface area contributed by atoms with Gasteiger partial charge in [-0.2, -0.15) is 0 Å². The molecule has 4 rings (SSSR count). The number of methoxy groups -OCH3 is 1. The maximum atomic E-state index is 14.7. The molecule has 1 heterocycles. The number of anilines is 1. The topological polar surface area (TPSA) is 67.9 Å². The fourth-order valence-electron chi connectivity index (χ4n) is 3.79. The molecule has 8 heteroatoms. The third kappa shape index (κ3) is 5.33. The summed E-state index contributed by atoms with van der Waals surface area (Å²) in [4.78, 5) is 26.5. The molecule has 0 aromatic heterocycles. The third-order valence-corrected chi connectivity index (χ3v) is 5.61. The monoisotopic (exact) mass is 466 g/mol. The number of nitrogens with one attached hydrogen (secondary N) is 1. The van der Waals surface area contributed by atoms with Gasteiger partial charge in [-0.15, -0.1) is 0 Å². The Morgan fingerprint density at radius 2 is 1.74 bits per heavy atom. The number of amides is 2. The van der Waals surface area contributed by atoms with E-state index in [1.54, 1.807) is 35.2 Å². The zero-order chi connectivity index (χ0) is 24.1. The molecule has 3 aromatic rings. The van der Waals surface area contributed by atoms with Crippen LogP contribution in [-0.4, -0.2) is 43.5 Å². The number of carbonyl (C=O) groups is 2. The highest BCUT2D eigenvalue weighted by atomic mass is 19.1. The molecule has 3 aromatic carbocycles. The van der Waals surface area contributed by atoms with E-state index < -0.39 is 17.5 Å². The van der Waals surface area contributed by atoms with Crippen molar-refractivity contribution in [1.29, 1.82) is 0 Å². The molecule has 1 saturated heterocycles. The number of benzene rings is 3. The van der Waals surface area contributed by atoms with Gasteiger partial charge in [0.25, 0.3) is 11.8 Å². The van der Waals surface area contributed by atoms with Crippen LogP contribution in [0.1, 0.15) is 23.2 Å². The first kappa shape index (κ1) is 23.2. The second-order valence-electron chi connectivity index (χ2n) is 7.90. The van der Waals surface area contributed by atoms with Crippen LogP contribution in [0.4, 0.5) is 14.5 Å². The van der Waals surface area contributed by atoms with Crippen LogP contribution in [-0.2, 0) is 4.79 Å². The molecule has 1 N–H and O–H groups in total. The van der Waals surface area contributed by atoms with Crippen LogP contribution in [0.25, 0.3) is 11.1 Å². The van der Waals surface area contributed by atoms with Gasteiger partial charge < -0.3 is 19.7 Å². The summed E-state index contributed by atoms with van der Waals surface area (Å²) < 4.78 is 39.6. The molecule has 0 atom stereocenters. The Balaban J connectivity index is 1.42. The molecule has 0 unspecified atom stereocenters. The van der Waals surface area contributed by atoms with Crippen molar-refractivity contribution in [3.63, 3.8) is 0 Å². The van der Waals surface area contributed by atoms with Crippen molar-refractivity contribution in [3.05, 3.63) is 77.9 Å². The lowest BCUT2D eigenvalue weighted by atomic mass is 10.0. The highest BCUT2D eigenvalue weighted by molar-refractivity contribution is 6.04. The van der Waals surface area contributed by atoms with Crippen LogP contribution < -0.4 is 14.8 Å². The molecule has 176 valence electrons. The predicted octanol–water partition coefficient (Wildman–Crippen LogP) is 4.89. The Kier molecular flexibility index (Phi) is 7.06. The molecular weight excluding hydrogens is 442 g/mol. The molecule has 0 aliphatic carbocycles. The summed E-state index contributed by atoms with van der Waals surface area (Å²) in [6, 6.07) is 14.7. The van der Waals surface area contributed by atoms with Crippen LogP contribution in [0.3, 0.4) is 0 Å². The van der Waals surface area contributed by atoms with E-state index >= 15 is 0 Å². The molecule has 0 spiro atoms. The van der Waals surface area contributed by atoms with Crippen LogP contribution in [0.2, 0.25) is 0 Å². The van der Waals surface area contributed by atoms with Crippen molar-refractivity contribution in [2.24, 2.45) is 0 Å². The fourth-order valence-corrected chi connectivity index (χ4v) is 3.79. The highest BCUT2D eigenvalue weighted by Crippen LogP contribution is 2.28. The van der Waals surface area contributed by atoms with Gasteiger partial charge in [0.2, 0.25) is 0 Å². The minimum Gasteiger partial charge on any atom is -0.497 e. The lowest BCUT2D eigenvalue weighted by Gasteiger charge is -2.16. The molecule has 6 nitrogen and oxygen atoms in total. The summed E-state index contributed by atoms with van der Waals surface area (Å²) in [5, 5.41) is 2.62. The number of rotatable bonds is 7. The summed E-state index contributed by atoms with van der Waals surface area (Å²) in [5.74, 6) is -1.32. The Labute approximate surface area is 196 Å². The third-order valence-electron chi connectivity index (χ3n) is 5.61. The summed E-state index contributed by atoms with van der Waals surface area (Å²) >= 11 is 0. The van der Waals surface area contributed by atoms with Crippen LogP contribution >= 0.6 is 0 Å². The molecule has 0 bridgehead atoms. The molecule has 1 aliphatic heterocycles. The van der Waals surface area contributed by atoms with Crippen molar-refractivity contribution in [2.75, 3.05) is 32.1 Å². The average molecular weight is 466 g/mol. The Hall–Kier alpha value is -3.94. The zero-order valence-electron chi connectivity index (χ0n) is 18.6. The quantitative estimate of drug-likeness (QED) is 0.538. The van der Waals surface area contributed by atoms with Gasteiger partial charge in [0.1, 0.15) is 23.1 Å². The van der Waals surface area contributed by atoms with Gasteiger partial charge in [0.05, 0.1) is 12.7 Å². The zero-order valence-corrected chi connectivity index (χ0v) is 18.6. The van der Waals surface area contributed by atoms with E-state index in [-0.39, 0.29) is 23.6 Å². The van der Waals surface area contributed by atoms with E-state index in [0.29, 0.717) is 22.7 Å². The molecule has 0 saturated carbocycles. The Morgan fingerprint density at radius 1 is 0.941 bits per heavy atom. The van der Waals surface area contributed by atoms with E-state index in [4.69, 9.17) is 9.47 Å². The van der Waals surface area contributed by atoms with Crippen molar-refractivity contribution in [1.82, 2.24) is 4.90 Å². The van der Waals surface area contributed by atoms with E-state index in [9.17, 15) is 18.4 Å². The van der Waals surface area contributed by atoms with Crippen molar-refractivity contribution in [2.45, 2.75) is 12.8 Å². The van der Waals surface area contributed by atoms with Gasteiger partial charge in [0, 0.05) is 36.5 Å². The summed E-state index contributed by atoms with van der Waals surface area (Å²) in [6.07, 6.45) is 2.00. The van der Waals surface area contributed by atoms with Gasteiger partial charge in [-0.1, -0.05) is 12.1 Å². The Bertz CT molecular complexity index is 1210. The molecule has 1 aliphatic rings. The van der Waals surface area contributed by atoms with Gasteiger partial charge in [-0.3, -0.25) is 9.59 Å². The molecule has 34 heavy (non-hydrogen) atoms. The molecular formula is C26H24F2N2O4. The van der Waals surface area contributed by atoms with E-state index in [0.717, 1.165) is 32.0 Å². The van der Waals surface area contributed by atoms with Crippen LogP contribution in [0.15, 0.2) is 60.7 Å². The minimum atomic E-state index is -0.783. The van der Waals surface area contributed by atoms with E-state index in [1.807, 2.05) is 0 Å². The second-order valence-corrected chi connectivity index (χ2v) is 7.90. The number of hydrogen-bond donors (Lipinski definition) is 1. The summed E-state index contributed by atoms with van der Waals surface area (Å²) in [6.45, 7) is 1.40. The number of halogens is 2. The van der Waals surface area contributed by atoms with Crippen molar-refractivity contribution in [3.8, 4) is 22.6 Å². The van der Waals surface area contributed by atoms with Gasteiger partial charge in [0.15, 0.2) is 6.61 Å². The normalized spacial score (nSPS) is 13.0. The number of likely N-dealkylation sites (tertiary alicyclic amines) is 1.